The van der Waals surface area contributed by atoms with E-state index in [4.69, 9.17) is 10.5 Å². The summed E-state index contributed by atoms with van der Waals surface area (Å²) in [5.74, 6) is -2.58. The number of hydrogen-bond donors (Lipinski definition) is 2. The van der Waals surface area contributed by atoms with E-state index in [1.807, 2.05) is 19.1 Å². The molecule has 2 amide bonds. The van der Waals surface area contributed by atoms with Crippen LogP contribution in [-0.4, -0.2) is 79.7 Å². The zero-order valence-electron chi connectivity index (χ0n) is 27.6. The lowest BCUT2D eigenvalue weighted by molar-refractivity contribution is -0.228. The average Bonchev–Trinajstić information content (AvgIpc) is 3.57. The van der Waals surface area contributed by atoms with E-state index >= 15 is 4.39 Å². The first-order valence-electron chi connectivity index (χ1n) is 16.4. The Bertz CT molecular complexity index is 1710. The summed E-state index contributed by atoms with van der Waals surface area (Å²) in [7, 11) is 1.50. The van der Waals surface area contributed by atoms with Crippen molar-refractivity contribution < 1.29 is 37.8 Å². The molecule has 3 saturated carbocycles. The smallest absolute Gasteiger partial charge is 0.306 e. The Morgan fingerprint density at radius 1 is 1.21 bits per heavy atom. The largest absolute Gasteiger partial charge is 0.449 e. The lowest BCUT2D eigenvalue weighted by atomic mass is 9.44. The van der Waals surface area contributed by atoms with Gasteiger partial charge in [-0.05, 0) is 86.0 Å². The van der Waals surface area contributed by atoms with Gasteiger partial charge in [-0.15, -0.1) is 0 Å². The molecular weight excluding hydrogens is 642 g/mol. The highest BCUT2D eigenvalue weighted by atomic mass is 32.2. The van der Waals surface area contributed by atoms with E-state index in [9.17, 15) is 28.7 Å². The number of ether oxygens (including phenoxy) is 1. The van der Waals surface area contributed by atoms with Crippen molar-refractivity contribution in [3.63, 3.8) is 0 Å². The summed E-state index contributed by atoms with van der Waals surface area (Å²) in [4.78, 5) is 51.7. The summed E-state index contributed by atoms with van der Waals surface area (Å²) in [6.45, 7) is 5.06. The third-order valence-corrected chi connectivity index (χ3v) is 12.6. The number of aliphatic hydroxyl groups is 1. The average molecular weight is 685 g/mol. The first kappa shape index (κ1) is 34.3. The van der Waals surface area contributed by atoms with E-state index in [0.717, 1.165) is 16.8 Å². The molecule has 6 rings (SSSR count). The minimum Gasteiger partial charge on any atom is -0.449 e. The van der Waals surface area contributed by atoms with Crippen molar-refractivity contribution >= 4 is 40.7 Å². The summed E-state index contributed by atoms with van der Waals surface area (Å²) < 4.78 is 39.2. The van der Waals surface area contributed by atoms with Crippen LogP contribution in [0.1, 0.15) is 80.9 Å². The van der Waals surface area contributed by atoms with Gasteiger partial charge in [0.2, 0.25) is 11.0 Å². The second kappa shape index (κ2) is 12.1. The van der Waals surface area contributed by atoms with E-state index < -0.39 is 57.1 Å². The van der Waals surface area contributed by atoms with Gasteiger partial charge in [0.05, 0.1) is 30.2 Å². The van der Waals surface area contributed by atoms with Gasteiger partial charge in [-0.3, -0.25) is 19.2 Å². The number of amides is 2. The zero-order chi connectivity index (χ0) is 34.8. The molecule has 3 N–H and O–H groups in total. The molecule has 0 bridgehead atoms. The maximum absolute atomic E-state index is 18.1. The van der Waals surface area contributed by atoms with Gasteiger partial charge < -0.3 is 20.5 Å². The van der Waals surface area contributed by atoms with Crippen molar-refractivity contribution in [2.75, 3.05) is 19.6 Å². The lowest BCUT2D eigenvalue weighted by Gasteiger charge is -2.63. The fourth-order valence-corrected chi connectivity index (χ4v) is 10.2. The summed E-state index contributed by atoms with van der Waals surface area (Å²) in [6, 6.07) is 5.89. The number of aromatic nitrogens is 2. The first-order chi connectivity index (χ1) is 22.7. The molecule has 0 saturated heterocycles. The molecule has 1 heterocycles. The van der Waals surface area contributed by atoms with Crippen LogP contribution < -0.4 is 5.73 Å². The fraction of sp³-hybridized carbons (Fsp3) is 0.571. The van der Waals surface area contributed by atoms with Crippen LogP contribution in [0.15, 0.2) is 36.0 Å². The maximum atomic E-state index is 18.1. The predicted molar refractivity (Wildman–Crippen MR) is 175 cm³/mol. The van der Waals surface area contributed by atoms with Crippen LogP contribution in [0.3, 0.4) is 0 Å². The monoisotopic (exact) mass is 684 g/mol. The molecule has 4 aliphatic rings. The number of rotatable bonds is 8. The van der Waals surface area contributed by atoms with Crippen LogP contribution in [0.5, 0.6) is 0 Å². The first-order valence-corrected chi connectivity index (χ1v) is 17.4. The summed E-state index contributed by atoms with van der Waals surface area (Å²) >= 11 is 0.464. The van der Waals surface area contributed by atoms with Gasteiger partial charge in [0.1, 0.15) is 11.7 Å². The molecule has 0 spiro atoms. The van der Waals surface area contributed by atoms with Crippen LogP contribution in [0.25, 0.3) is 11.8 Å². The van der Waals surface area contributed by atoms with Gasteiger partial charge in [-0.2, -0.15) is 5.10 Å². The molecule has 2 aromatic rings. The Hall–Kier alpha value is -3.58. The summed E-state index contributed by atoms with van der Waals surface area (Å²) in [5.41, 5.74) is 2.76. The molecule has 0 unspecified atom stereocenters. The van der Waals surface area contributed by atoms with Gasteiger partial charge in [0.15, 0.2) is 5.60 Å². The molecule has 3 fully saturated rings. The zero-order valence-corrected chi connectivity index (χ0v) is 28.4. The van der Waals surface area contributed by atoms with Crippen molar-refractivity contribution in [1.82, 2.24) is 14.7 Å². The Morgan fingerprint density at radius 3 is 2.65 bits per heavy atom. The number of nitrogens with two attached hydrogens (primary N) is 1. The Kier molecular flexibility index (Phi) is 8.63. The molecule has 0 radical (unpaired) electrons. The van der Waals surface area contributed by atoms with Crippen LogP contribution in [0, 0.1) is 22.7 Å². The highest BCUT2D eigenvalue weighted by Crippen LogP contribution is 2.71. The molecule has 1 aromatic carbocycles. The predicted octanol–water partition coefficient (Wildman–Crippen LogP) is 4.55. The third kappa shape index (κ3) is 4.86. The Morgan fingerprint density at radius 2 is 1.96 bits per heavy atom. The highest BCUT2D eigenvalue weighted by Gasteiger charge is 2.76. The van der Waals surface area contributed by atoms with E-state index in [1.54, 1.807) is 42.9 Å². The molecule has 48 heavy (non-hydrogen) atoms. The number of hydrogen-bond acceptors (Lipinski definition) is 8. The quantitative estimate of drug-likeness (QED) is 0.386. The molecule has 13 heteroatoms. The third-order valence-electron chi connectivity index (χ3n) is 11.9. The fourth-order valence-electron chi connectivity index (χ4n) is 9.52. The van der Waals surface area contributed by atoms with E-state index in [1.165, 1.54) is 11.9 Å². The minimum absolute atomic E-state index is 0.0320. The molecule has 0 aliphatic heterocycles. The van der Waals surface area contributed by atoms with Crippen LogP contribution in [0.4, 0.5) is 8.78 Å². The molecule has 4 aliphatic carbocycles. The standard InChI is InChI=1S/C35H42F2N4O6S/c1-5-29(44)47-34(31(46)48-19-36)12-11-24-25-10-9-22-14-26-21(15-32(22,2)35(25,37)27(42)16-33(24,34)3)17-39-41(26)23-8-6-7-20(13-23)30(45)40(4)18-28(38)43/h6-8,13-14,17,24-25,27,42H,5,9-12,15-16,18-19H2,1-4H3,(H2,38,43)/t24-,25-,27-,32-,33-,34-,35-/m0/s1. The molecule has 258 valence electrons. The van der Waals surface area contributed by atoms with Gasteiger partial charge in [0, 0.05) is 35.8 Å². The minimum atomic E-state index is -2.06. The number of primary amides is 1. The van der Waals surface area contributed by atoms with Crippen molar-refractivity contribution in [3.8, 4) is 5.69 Å². The molecule has 10 nitrogen and oxygen atoms in total. The number of esters is 1. The summed E-state index contributed by atoms with van der Waals surface area (Å²) in [6.07, 6.45) is 3.87. The van der Waals surface area contributed by atoms with E-state index in [2.05, 4.69) is 5.10 Å². The number of halogens is 2. The van der Waals surface area contributed by atoms with Crippen molar-refractivity contribution in [1.29, 1.82) is 0 Å². The second-order valence-corrected chi connectivity index (χ2v) is 15.1. The van der Waals surface area contributed by atoms with Crippen LogP contribution >= 0.6 is 11.8 Å². The van der Waals surface area contributed by atoms with Crippen molar-refractivity contribution in [2.24, 2.45) is 28.4 Å². The number of thioether (sulfide) groups is 1. The van der Waals surface area contributed by atoms with E-state index in [-0.39, 0.29) is 44.1 Å². The van der Waals surface area contributed by atoms with Gasteiger partial charge >= 0.3 is 5.97 Å². The van der Waals surface area contributed by atoms with Crippen LogP contribution in [-0.2, 0) is 25.5 Å². The maximum Gasteiger partial charge on any atom is 0.306 e. The Labute approximate surface area is 282 Å². The number of fused-ring (bicyclic) bond motifs is 6. The lowest BCUT2D eigenvalue weighted by Crippen LogP contribution is -2.70. The number of likely N-dealkylation sites (N-methyl/N-ethyl adjacent to an activating group) is 1. The summed E-state index contributed by atoms with van der Waals surface area (Å²) in [5, 5.41) is 15.9. The number of nitrogens with zero attached hydrogens (tertiary/aromatic N) is 3. The van der Waals surface area contributed by atoms with Gasteiger partial charge in [-0.1, -0.05) is 32.4 Å². The number of carbonyl (C=O) groups excluding carboxylic acids is 4. The SMILES string of the molecule is CCC(=O)O[C@]1(C(=O)SCF)CC[C@H]2[C@@H]3CCC4=Cc5c(cnn5-c5cccc(C(=O)N(C)CC(N)=O)c5)C[C@]4(C)[C@@]3(F)[C@@H](O)C[C@@]21C. The molecular formula is C35H42F2N4O6S. The normalized spacial score (nSPS) is 33.4. The number of aliphatic hydroxyl groups excluding tert-OH is 1. The Balaban J connectivity index is 1.34. The second-order valence-electron chi connectivity index (χ2n) is 14.2. The number of carbonyl (C=O) groups is 4. The van der Waals surface area contributed by atoms with Crippen molar-refractivity contribution in [3.05, 3.63) is 52.9 Å². The highest BCUT2D eigenvalue weighted by molar-refractivity contribution is 8.13. The number of alkyl halides is 2. The molecule has 1 aromatic heterocycles. The number of benzene rings is 1. The van der Waals surface area contributed by atoms with E-state index in [0.29, 0.717) is 42.3 Å². The van der Waals surface area contributed by atoms with Crippen molar-refractivity contribution in [2.45, 2.75) is 83.1 Å². The van der Waals surface area contributed by atoms with Crippen LogP contribution in [0.2, 0.25) is 0 Å². The topological polar surface area (TPSA) is 145 Å². The molecule has 7 atom stereocenters. The number of allylic oxidation sites excluding steroid dienone is 1. The van der Waals surface area contributed by atoms with Gasteiger partial charge in [-0.25, -0.2) is 13.5 Å². The van der Waals surface area contributed by atoms with Gasteiger partial charge in [0.25, 0.3) is 5.91 Å².